The van der Waals surface area contributed by atoms with E-state index in [2.05, 4.69) is 0 Å². The lowest BCUT2D eigenvalue weighted by atomic mass is 10.1. The maximum absolute atomic E-state index is 10.8. The molecule has 0 aromatic heterocycles. The number of carbonyl (C=O) groups excluding carboxylic acids is 2. The molecule has 0 aliphatic carbocycles. The van der Waals surface area contributed by atoms with Crippen molar-refractivity contribution in [1.29, 1.82) is 0 Å². The second kappa shape index (κ2) is 3.56. The number of ether oxygens (including phenoxy) is 2. The molecule has 1 saturated heterocycles. The van der Waals surface area contributed by atoms with E-state index in [1.165, 1.54) is 6.92 Å². The molecule has 0 bridgehead atoms. The molecular formula is C8H12O4. The van der Waals surface area contributed by atoms with Crippen LogP contribution >= 0.6 is 0 Å². The third kappa shape index (κ3) is 1.96. The van der Waals surface area contributed by atoms with Crippen LogP contribution in [0.3, 0.4) is 0 Å². The Hall–Kier alpha value is -1.06. The van der Waals surface area contributed by atoms with Crippen LogP contribution < -0.4 is 0 Å². The highest BCUT2D eigenvalue weighted by atomic mass is 16.6. The first-order valence-electron chi connectivity index (χ1n) is 4.00. The molecule has 4 nitrogen and oxygen atoms in total. The van der Waals surface area contributed by atoms with Crippen LogP contribution in [0, 0.1) is 0 Å². The van der Waals surface area contributed by atoms with Crippen LogP contribution in [0.15, 0.2) is 0 Å². The number of hydrogen-bond donors (Lipinski definition) is 0. The Morgan fingerprint density at radius 1 is 1.75 bits per heavy atom. The zero-order valence-corrected chi connectivity index (χ0v) is 7.20. The molecule has 0 aromatic carbocycles. The molecule has 1 heterocycles. The summed E-state index contributed by atoms with van der Waals surface area (Å²) in [6, 6.07) is 0. The second-order valence-corrected chi connectivity index (χ2v) is 2.79. The van der Waals surface area contributed by atoms with Gasteiger partial charge in [0.25, 0.3) is 0 Å². The molecule has 0 unspecified atom stereocenters. The number of rotatable bonds is 2. The third-order valence-corrected chi connectivity index (χ3v) is 1.79. The van der Waals surface area contributed by atoms with Gasteiger partial charge in [0.15, 0.2) is 0 Å². The Kier molecular flexibility index (Phi) is 2.68. The second-order valence-electron chi connectivity index (χ2n) is 2.79. The summed E-state index contributed by atoms with van der Waals surface area (Å²) in [7, 11) is 0. The molecular weight excluding hydrogens is 160 g/mol. The lowest BCUT2D eigenvalue weighted by Crippen LogP contribution is -2.25. The monoisotopic (exact) mass is 172 g/mol. The van der Waals surface area contributed by atoms with E-state index in [-0.39, 0.29) is 30.6 Å². The van der Waals surface area contributed by atoms with Crippen molar-refractivity contribution < 1.29 is 19.1 Å². The fourth-order valence-electron chi connectivity index (χ4n) is 1.27. The highest BCUT2D eigenvalue weighted by Gasteiger charge is 2.35. The van der Waals surface area contributed by atoms with E-state index in [4.69, 9.17) is 9.47 Å². The van der Waals surface area contributed by atoms with E-state index < -0.39 is 0 Å². The van der Waals surface area contributed by atoms with Gasteiger partial charge in [-0.1, -0.05) is 6.92 Å². The van der Waals surface area contributed by atoms with Gasteiger partial charge in [-0.25, -0.2) is 0 Å². The summed E-state index contributed by atoms with van der Waals surface area (Å²) in [5, 5.41) is 0. The summed E-state index contributed by atoms with van der Waals surface area (Å²) in [4.78, 5) is 21.4. The minimum atomic E-state index is -0.375. The van der Waals surface area contributed by atoms with Gasteiger partial charge in [-0.3, -0.25) is 9.59 Å². The average molecular weight is 172 g/mol. The zero-order chi connectivity index (χ0) is 9.14. The highest BCUT2D eigenvalue weighted by molar-refractivity contribution is 5.74. The Bertz CT molecular complexity index is 199. The lowest BCUT2D eigenvalue weighted by molar-refractivity contribution is -0.150. The van der Waals surface area contributed by atoms with Crippen molar-refractivity contribution >= 4 is 11.9 Å². The van der Waals surface area contributed by atoms with Crippen molar-refractivity contribution in [3.05, 3.63) is 0 Å². The van der Waals surface area contributed by atoms with Crippen molar-refractivity contribution in [1.82, 2.24) is 0 Å². The smallest absolute Gasteiger partial charge is 0.310 e. The normalized spacial score (nSPS) is 28.3. The van der Waals surface area contributed by atoms with Gasteiger partial charge >= 0.3 is 11.9 Å². The summed E-state index contributed by atoms with van der Waals surface area (Å²) < 4.78 is 9.81. The van der Waals surface area contributed by atoms with Gasteiger partial charge in [-0.15, -0.1) is 0 Å². The molecule has 0 saturated carbocycles. The van der Waals surface area contributed by atoms with Gasteiger partial charge < -0.3 is 9.47 Å². The van der Waals surface area contributed by atoms with Crippen LogP contribution in [-0.2, 0) is 19.1 Å². The first kappa shape index (κ1) is 9.03. The maximum atomic E-state index is 10.8. The van der Waals surface area contributed by atoms with Crippen molar-refractivity contribution in [2.45, 2.75) is 38.9 Å². The molecule has 2 atom stereocenters. The first-order valence-corrected chi connectivity index (χ1v) is 4.00. The minimum Gasteiger partial charge on any atom is -0.458 e. The van der Waals surface area contributed by atoms with Crippen molar-refractivity contribution in [2.24, 2.45) is 0 Å². The Balaban J connectivity index is 2.51. The molecule has 0 N–H and O–H groups in total. The standard InChI is InChI=1S/C8H12O4/c1-3-6-7(11-5(2)9)4-8(10)12-6/h6-7H,3-4H2,1-2H3/t6-,7-/m1/s1. The zero-order valence-electron chi connectivity index (χ0n) is 7.20. The van der Waals surface area contributed by atoms with E-state index >= 15 is 0 Å². The SMILES string of the molecule is CC[C@H]1OC(=O)C[C@H]1OC(C)=O. The van der Waals surface area contributed by atoms with E-state index in [9.17, 15) is 9.59 Å². The molecule has 68 valence electrons. The molecule has 1 fully saturated rings. The molecule has 0 radical (unpaired) electrons. The molecule has 0 aromatic rings. The van der Waals surface area contributed by atoms with Gasteiger partial charge in [0.2, 0.25) is 0 Å². The third-order valence-electron chi connectivity index (χ3n) is 1.79. The minimum absolute atomic E-state index is 0.193. The van der Waals surface area contributed by atoms with E-state index in [1.54, 1.807) is 0 Å². The van der Waals surface area contributed by atoms with Gasteiger partial charge in [0.05, 0.1) is 6.42 Å². The molecule has 1 aliphatic rings. The fourth-order valence-corrected chi connectivity index (χ4v) is 1.27. The summed E-state index contributed by atoms with van der Waals surface area (Å²) in [6.07, 6.45) is 0.253. The molecule has 0 amide bonds. The Morgan fingerprint density at radius 3 is 2.92 bits per heavy atom. The fraction of sp³-hybridized carbons (Fsp3) is 0.750. The van der Waals surface area contributed by atoms with Gasteiger partial charge in [0.1, 0.15) is 12.2 Å². The average Bonchev–Trinajstić information content (AvgIpc) is 2.29. The summed E-state index contributed by atoms with van der Waals surface area (Å²) in [5.41, 5.74) is 0. The van der Waals surface area contributed by atoms with Crippen LogP contribution in [0.25, 0.3) is 0 Å². The van der Waals surface area contributed by atoms with Gasteiger partial charge in [0, 0.05) is 6.92 Å². The summed E-state index contributed by atoms with van der Waals surface area (Å²) in [6.45, 7) is 3.22. The highest BCUT2D eigenvalue weighted by Crippen LogP contribution is 2.20. The van der Waals surface area contributed by atoms with Crippen LogP contribution in [0.5, 0.6) is 0 Å². The van der Waals surface area contributed by atoms with Crippen LogP contribution in [-0.4, -0.2) is 24.1 Å². The number of cyclic esters (lactones) is 1. The van der Waals surface area contributed by atoms with Gasteiger partial charge in [-0.2, -0.15) is 0 Å². The molecule has 12 heavy (non-hydrogen) atoms. The number of esters is 2. The lowest BCUT2D eigenvalue weighted by Gasteiger charge is -2.14. The van der Waals surface area contributed by atoms with Crippen molar-refractivity contribution in [3.8, 4) is 0 Å². The largest absolute Gasteiger partial charge is 0.458 e. The van der Waals surface area contributed by atoms with E-state index in [0.29, 0.717) is 6.42 Å². The number of hydrogen-bond acceptors (Lipinski definition) is 4. The van der Waals surface area contributed by atoms with Crippen LogP contribution in [0.1, 0.15) is 26.7 Å². The topological polar surface area (TPSA) is 52.6 Å². The van der Waals surface area contributed by atoms with Crippen molar-refractivity contribution in [3.63, 3.8) is 0 Å². The van der Waals surface area contributed by atoms with Crippen LogP contribution in [0.4, 0.5) is 0 Å². The van der Waals surface area contributed by atoms with Crippen molar-refractivity contribution in [2.75, 3.05) is 0 Å². The molecule has 1 rings (SSSR count). The van der Waals surface area contributed by atoms with Gasteiger partial charge in [-0.05, 0) is 6.42 Å². The summed E-state index contributed by atoms with van der Waals surface area (Å²) in [5.74, 6) is -0.648. The van der Waals surface area contributed by atoms with E-state index in [0.717, 1.165) is 0 Å². The molecule has 0 spiro atoms. The number of carbonyl (C=O) groups is 2. The predicted octanol–water partition coefficient (Wildman–Crippen LogP) is 0.644. The first-order chi connectivity index (χ1) is 5.63. The molecule has 4 heteroatoms. The van der Waals surface area contributed by atoms with E-state index in [1.807, 2.05) is 6.92 Å². The maximum Gasteiger partial charge on any atom is 0.310 e. The summed E-state index contributed by atoms with van der Waals surface area (Å²) >= 11 is 0. The quantitative estimate of drug-likeness (QED) is 0.574. The molecule has 1 aliphatic heterocycles. The van der Waals surface area contributed by atoms with Crippen LogP contribution in [0.2, 0.25) is 0 Å². The Morgan fingerprint density at radius 2 is 2.42 bits per heavy atom. The predicted molar refractivity (Wildman–Crippen MR) is 40.3 cm³/mol. The Labute approximate surface area is 70.8 Å².